The van der Waals surface area contributed by atoms with E-state index in [4.69, 9.17) is 0 Å². The van der Waals surface area contributed by atoms with E-state index in [2.05, 4.69) is 109 Å². The second-order valence-corrected chi connectivity index (χ2v) is 12.6. The zero-order chi connectivity index (χ0) is 27.6. The number of benzene rings is 3. The molecule has 0 bridgehead atoms. The molecule has 0 aliphatic heterocycles. The van der Waals surface area contributed by atoms with Crippen LogP contribution >= 0.6 is 0 Å². The molecule has 1 aliphatic carbocycles. The Kier molecular flexibility index (Phi) is 5.48. The Morgan fingerprint density at radius 1 is 0.405 bits per heavy atom. The van der Waals surface area contributed by atoms with E-state index >= 15 is 0 Å². The molecule has 0 saturated heterocycles. The lowest BCUT2D eigenvalue weighted by Gasteiger charge is -2.29. The first-order chi connectivity index (χ1) is 17.1. The van der Waals surface area contributed by atoms with E-state index in [1.807, 2.05) is 0 Å². The summed E-state index contributed by atoms with van der Waals surface area (Å²) >= 11 is 0. The fraction of sp³-hybridized carbons (Fsp3) is 0.444. The number of fused-ring (bicyclic) bond motifs is 4. The van der Waals surface area contributed by atoms with Crippen molar-refractivity contribution in [3.8, 4) is 22.3 Å². The van der Waals surface area contributed by atoms with Gasteiger partial charge in [-0.25, -0.2) is 0 Å². The van der Waals surface area contributed by atoms with Gasteiger partial charge in [-0.3, -0.25) is 0 Å². The Morgan fingerprint density at radius 3 is 1.38 bits per heavy atom. The molecule has 0 saturated carbocycles. The van der Waals surface area contributed by atoms with Gasteiger partial charge < -0.3 is 4.57 Å². The van der Waals surface area contributed by atoms with Gasteiger partial charge in [-0.1, -0.05) is 13.8 Å². The average molecular weight is 492 g/mol. The summed E-state index contributed by atoms with van der Waals surface area (Å²) < 4.78 is 2.42. The standard InChI is InChI=1S/C36H45N/c1-16-17(2)23(8)33-30(20(16)5)31-22(7)21(6)28(26(11)34(31)36(33,13)14)29-19(4)18(3)24(9)35-32(29)25(10)27(12)37(35)15/h1-15H3. The molecule has 1 nitrogen and oxygen atoms in total. The van der Waals surface area contributed by atoms with Crippen LogP contribution in [0.25, 0.3) is 33.2 Å². The molecule has 3 aromatic carbocycles. The second kappa shape index (κ2) is 7.85. The van der Waals surface area contributed by atoms with Gasteiger partial charge in [0.25, 0.3) is 0 Å². The number of hydrogen-bond donors (Lipinski definition) is 0. The topological polar surface area (TPSA) is 4.93 Å². The highest BCUT2D eigenvalue weighted by atomic mass is 14.9. The minimum Gasteiger partial charge on any atom is -0.347 e. The summed E-state index contributed by atoms with van der Waals surface area (Å²) in [7, 11) is 2.24. The van der Waals surface area contributed by atoms with Crippen molar-refractivity contribution >= 4 is 10.9 Å². The van der Waals surface area contributed by atoms with Crippen molar-refractivity contribution in [1.29, 1.82) is 0 Å². The molecule has 1 aliphatic rings. The normalized spacial score (nSPS) is 14.0. The molecular weight excluding hydrogens is 446 g/mol. The molecule has 0 spiro atoms. The smallest absolute Gasteiger partial charge is 0.0521 e. The largest absolute Gasteiger partial charge is 0.347 e. The quantitative estimate of drug-likeness (QED) is 0.250. The maximum atomic E-state index is 2.46. The van der Waals surface area contributed by atoms with E-state index in [9.17, 15) is 0 Å². The summed E-state index contributed by atoms with van der Waals surface area (Å²) in [5.74, 6) is 0. The first kappa shape index (κ1) is 25.8. The number of aryl methyl sites for hydroxylation is 3. The molecule has 4 aromatic rings. The summed E-state index contributed by atoms with van der Waals surface area (Å²) in [5, 5.41) is 1.44. The minimum absolute atomic E-state index is 0.0380. The summed E-state index contributed by atoms with van der Waals surface area (Å²) in [5.41, 5.74) is 27.5. The van der Waals surface area contributed by atoms with Gasteiger partial charge in [0.05, 0.1) is 5.52 Å². The monoisotopic (exact) mass is 491 g/mol. The highest BCUT2D eigenvalue weighted by molar-refractivity contribution is 6.05. The molecular formula is C36H45N. The number of nitrogens with zero attached hydrogens (tertiary/aromatic N) is 1. The first-order valence-corrected chi connectivity index (χ1v) is 13.9. The van der Waals surface area contributed by atoms with Crippen LogP contribution in [-0.2, 0) is 12.5 Å². The van der Waals surface area contributed by atoms with Crippen molar-refractivity contribution in [2.45, 2.75) is 102 Å². The number of hydrogen-bond acceptors (Lipinski definition) is 0. The average Bonchev–Trinajstić information content (AvgIpc) is 3.22. The minimum atomic E-state index is -0.0380. The predicted molar refractivity (Wildman–Crippen MR) is 163 cm³/mol. The molecule has 1 heterocycles. The van der Waals surface area contributed by atoms with Crippen LogP contribution in [0.5, 0.6) is 0 Å². The fourth-order valence-electron chi connectivity index (χ4n) is 7.99. The van der Waals surface area contributed by atoms with Crippen LogP contribution in [0.2, 0.25) is 0 Å². The highest BCUT2D eigenvalue weighted by Crippen LogP contribution is 2.57. The van der Waals surface area contributed by atoms with E-state index < -0.39 is 0 Å². The summed E-state index contributed by atoms with van der Waals surface area (Å²) in [4.78, 5) is 0. The van der Waals surface area contributed by atoms with Gasteiger partial charge >= 0.3 is 0 Å². The Balaban J connectivity index is 2.03. The number of aromatic nitrogens is 1. The third kappa shape index (κ3) is 2.92. The molecule has 5 rings (SSSR count). The zero-order valence-corrected chi connectivity index (χ0v) is 25.9. The van der Waals surface area contributed by atoms with Crippen LogP contribution in [-0.4, -0.2) is 4.57 Å². The zero-order valence-electron chi connectivity index (χ0n) is 25.9. The van der Waals surface area contributed by atoms with Crippen molar-refractivity contribution in [3.63, 3.8) is 0 Å². The Labute approximate surface area is 224 Å². The van der Waals surface area contributed by atoms with Crippen molar-refractivity contribution in [3.05, 3.63) is 78.0 Å². The van der Waals surface area contributed by atoms with E-state index in [1.54, 1.807) is 5.56 Å². The van der Waals surface area contributed by atoms with Gasteiger partial charge in [-0.15, -0.1) is 0 Å². The molecule has 37 heavy (non-hydrogen) atoms. The third-order valence-electron chi connectivity index (χ3n) is 10.8. The van der Waals surface area contributed by atoms with Crippen LogP contribution in [0, 0.1) is 83.1 Å². The van der Waals surface area contributed by atoms with Crippen LogP contribution in [0.15, 0.2) is 0 Å². The molecule has 0 amide bonds. The lowest BCUT2D eigenvalue weighted by atomic mass is 9.74. The van der Waals surface area contributed by atoms with Crippen LogP contribution < -0.4 is 0 Å². The van der Waals surface area contributed by atoms with Gasteiger partial charge in [0.15, 0.2) is 0 Å². The van der Waals surface area contributed by atoms with E-state index in [1.165, 1.54) is 106 Å². The lowest BCUT2D eigenvalue weighted by molar-refractivity contribution is 0.649. The predicted octanol–water partition coefficient (Wildman–Crippen LogP) is 9.85. The fourth-order valence-corrected chi connectivity index (χ4v) is 7.99. The maximum Gasteiger partial charge on any atom is 0.0521 e. The summed E-state index contributed by atoms with van der Waals surface area (Å²) in [6.45, 7) is 32.9. The Morgan fingerprint density at radius 2 is 0.811 bits per heavy atom. The maximum absolute atomic E-state index is 2.46. The van der Waals surface area contributed by atoms with Crippen molar-refractivity contribution < 1.29 is 0 Å². The Bertz CT molecular complexity index is 1700. The van der Waals surface area contributed by atoms with Crippen molar-refractivity contribution in [2.24, 2.45) is 7.05 Å². The first-order valence-electron chi connectivity index (χ1n) is 13.9. The molecule has 0 fully saturated rings. The van der Waals surface area contributed by atoms with Gasteiger partial charge in [0.2, 0.25) is 0 Å². The van der Waals surface area contributed by atoms with Crippen molar-refractivity contribution in [1.82, 2.24) is 4.57 Å². The molecule has 0 radical (unpaired) electrons. The molecule has 1 aromatic heterocycles. The second-order valence-electron chi connectivity index (χ2n) is 12.6. The van der Waals surface area contributed by atoms with Gasteiger partial charge in [-0.05, 0) is 178 Å². The summed E-state index contributed by atoms with van der Waals surface area (Å²) in [6, 6.07) is 0. The number of rotatable bonds is 1. The van der Waals surface area contributed by atoms with Gasteiger partial charge in [-0.2, -0.15) is 0 Å². The van der Waals surface area contributed by atoms with Crippen LogP contribution in [0.3, 0.4) is 0 Å². The molecule has 0 unspecified atom stereocenters. The molecule has 194 valence electrons. The van der Waals surface area contributed by atoms with E-state index in [0.717, 1.165) is 0 Å². The van der Waals surface area contributed by atoms with Gasteiger partial charge in [0, 0.05) is 23.5 Å². The SMILES string of the molecule is Cc1c(C)c(C)c2c(c1C)-c1c(C)c(C)c(-c3c(C)c(C)c(C)c4c3c(C)c(C)n4C)c(C)c1C2(C)C. The lowest BCUT2D eigenvalue weighted by Crippen LogP contribution is -2.19. The third-order valence-corrected chi connectivity index (χ3v) is 10.8. The highest BCUT2D eigenvalue weighted by Gasteiger charge is 2.42. The van der Waals surface area contributed by atoms with Crippen LogP contribution in [0.1, 0.15) is 91.9 Å². The Hall–Kier alpha value is -2.80. The summed E-state index contributed by atoms with van der Waals surface area (Å²) in [6.07, 6.45) is 0. The molecule has 0 N–H and O–H groups in total. The van der Waals surface area contributed by atoms with E-state index in [0.29, 0.717) is 0 Å². The molecule has 0 atom stereocenters. The van der Waals surface area contributed by atoms with Crippen molar-refractivity contribution in [2.75, 3.05) is 0 Å². The van der Waals surface area contributed by atoms with E-state index in [-0.39, 0.29) is 5.41 Å². The van der Waals surface area contributed by atoms with Gasteiger partial charge in [0.1, 0.15) is 0 Å². The van der Waals surface area contributed by atoms with Crippen LogP contribution in [0.4, 0.5) is 0 Å². The molecule has 1 heteroatoms.